The summed E-state index contributed by atoms with van der Waals surface area (Å²) in [6, 6.07) is 0. The molecule has 2 unspecified atom stereocenters. The Hall–Kier alpha value is -1.94. The van der Waals surface area contributed by atoms with Crippen LogP contribution < -0.4 is 0 Å². The quantitative estimate of drug-likeness (QED) is 0.0222. The lowest BCUT2D eigenvalue weighted by atomic mass is 10.0. The van der Waals surface area contributed by atoms with Gasteiger partial charge in [0.25, 0.3) is 0 Å². The fourth-order valence-corrected chi connectivity index (χ4v) is 12.6. The number of ether oxygens (including phenoxy) is 4. The first kappa shape index (κ1) is 90.1. The van der Waals surface area contributed by atoms with Gasteiger partial charge in [-0.1, -0.05) is 312 Å². The Bertz CT molecular complexity index is 1820. The molecule has 0 aromatic heterocycles. The summed E-state index contributed by atoms with van der Waals surface area (Å²) >= 11 is 0. The second-order valence-electron chi connectivity index (χ2n) is 28.2. The van der Waals surface area contributed by atoms with Crippen molar-refractivity contribution in [3.63, 3.8) is 0 Å². The zero-order valence-corrected chi connectivity index (χ0v) is 62.0. The zero-order valence-electron chi connectivity index (χ0n) is 60.2. The molecule has 0 bridgehead atoms. The summed E-state index contributed by atoms with van der Waals surface area (Å²) in [5.41, 5.74) is 0. The van der Waals surface area contributed by atoms with E-state index in [9.17, 15) is 43.2 Å². The van der Waals surface area contributed by atoms with Crippen molar-refractivity contribution in [2.75, 3.05) is 39.6 Å². The minimum atomic E-state index is -4.96. The molecule has 0 aliphatic heterocycles. The van der Waals surface area contributed by atoms with Gasteiger partial charge in [0.15, 0.2) is 12.2 Å². The molecule has 5 atom stereocenters. The predicted molar refractivity (Wildman–Crippen MR) is 372 cm³/mol. The van der Waals surface area contributed by atoms with Gasteiger partial charge in [-0.3, -0.25) is 37.3 Å². The van der Waals surface area contributed by atoms with Gasteiger partial charge in [0.1, 0.15) is 19.3 Å². The first-order valence-corrected chi connectivity index (χ1v) is 40.7. The van der Waals surface area contributed by atoms with E-state index < -0.39 is 97.5 Å². The molecule has 0 amide bonds. The second-order valence-corrected chi connectivity index (χ2v) is 31.1. The van der Waals surface area contributed by atoms with Gasteiger partial charge in [-0.15, -0.1) is 0 Å². The molecular weight excluding hydrogens is 1210 g/mol. The maximum Gasteiger partial charge on any atom is 0.472 e. The number of phosphoric acid groups is 2. The van der Waals surface area contributed by atoms with Gasteiger partial charge in [-0.2, -0.15) is 0 Å². The zero-order chi connectivity index (χ0) is 68.2. The number of carbonyl (C=O) groups excluding carboxylic acids is 4. The van der Waals surface area contributed by atoms with Crippen LogP contribution in [-0.4, -0.2) is 96.7 Å². The van der Waals surface area contributed by atoms with Crippen molar-refractivity contribution in [2.45, 2.75) is 382 Å². The van der Waals surface area contributed by atoms with Crippen LogP contribution in [0.3, 0.4) is 0 Å². The van der Waals surface area contributed by atoms with E-state index in [1.807, 2.05) is 0 Å². The predicted octanol–water partition coefficient (Wildman–Crippen LogP) is 20.9. The normalized spacial score (nSPS) is 14.2. The van der Waals surface area contributed by atoms with Crippen molar-refractivity contribution >= 4 is 39.5 Å². The summed E-state index contributed by atoms with van der Waals surface area (Å²) in [4.78, 5) is 72.7. The van der Waals surface area contributed by atoms with Crippen LogP contribution in [0, 0.1) is 23.7 Å². The van der Waals surface area contributed by atoms with Crippen LogP contribution in [0.5, 0.6) is 0 Å². The lowest BCUT2D eigenvalue weighted by molar-refractivity contribution is -0.161. The SMILES string of the molecule is CC(C)CCCCCCCCCCCCCCC(=O)O[C@H](COC(=O)CCCCCCCCCCCCCC(C)C)COP(=O)(O)OC[C@@H](O)COP(=O)(O)OC[C@@H](COC(=O)CCCCCCCCC(C)C)OC(=O)CCCCCCCCCCCCCC(C)C. The highest BCUT2D eigenvalue weighted by atomic mass is 31.2. The van der Waals surface area contributed by atoms with E-state index in [1.165, 1.54) is 161 Å². The van der Waals surface area contributed by atoms with Crippen LogP contribution in [0.4, 0.5) is 0 Å². The monoisotopic (exact) mass is 1350 g/mol. The van der Waals surface area contributed by atoms with Gasteiger partial charge in [-0.25, -0.2) is 9.13 Å². The van der Waals surface area contributed by atoms with E-state index in [0.717, 1.165) is 114 Å². The molecule has 0 spiro atoms. The maximum absolute atomic E-state index is 13.1. The molecule has 546 valence electrons. The molecule has 0 aliphatic carbocycles. The molecule has 0 fully saturated rings. The van der Waals surface area contributed by atoms with Gasteiger partial charge in [0, 0.05) is 25.7 Å². The Balaban J connectivity index is 5.25. The van der Waals surface area contributed by atoms with Crippen molar-refractivity contribution in [3.05, 3.63) is 0 Å². The smallest absolute Gasteiger partial charge is 0.462 e. The molecular formula is C73H142O17P2. The molecule has 0 rings (SSSR count). The summed E-state index contributed by atoms with van der Waals surface area (Å²) in [6.07, 6.45) is 45.9. The molecule has 17 nitrogen and oxygen atoms in total. The van der Waals surface area contributed by atoms with Crippen molar-refractivity contribution in [2.24, 2.45) is 23.7 Å². The van der Waals surface area contributed by atoms with Crippen LogP contribution in [0.25, 0.3) is 0 Å². The van der Waals surface area contributed by atoms with Crippen LogP contribution in [0.1, 0.15) is 364 Å². The molecule has 19 heteroatoms. The van der Waals surface area contributed by atoms with Crippen molar-refractivity contribution in [1.29, 1.82) is 0 Å². The van der Waals surface area contributed by atoms with Crippen LogP contribution >= 0.6 is 15.6 Å². The number of esters is 4. The van der Waals surface area contributed by atoms with E-state index >= 15 is 0 Å². The Labute approximate surface area is 562 Å². The van der Waals surface area contributed by atoms with Gasteiger partial charge in [-0.05, 0) is 49.4 Å². The van der Waals surface area contributed by atoms with Crippen molar-refractivity contribution in [3.8, 4) is 0 Å². The molecule has 0 aromatic carbocycles. The summed E-state index contributed by atoms with van der Waals surface area (Å²) in [7, 11) is -9.91. The number of unbranched alkanes of at least 4 members (excludes halogenated alkanes) is 36. The number of aliphatic hydroxyl groups excluding tert-OH is 1. The summed E-state index contributed by atoms with van der Waals surface area (Å²) < 4.78 is 68.4. The first-order valence-electron chi connectivity index (χ1n) is 37.7. The molecule has 92 heavy (non-hydrogen) atoms. The standard InChI is InChI=1S/C73H142O17P2/c1-63(2)49-41-33-25-19-13-9-10-16-23-29-39-47-55-72(77)89-68(59-83-70(75)53-45-37-28-22-17-11-14-20-26-34-42-50-64(3)4)61-87-91(79,80)85-57-67(74)58-86-92(81,82)88-62-69(60-84-71(76)54-46-38-32-31-36-44-52-66(7)8)90-73(78)56-48-40-30-24-18-12-15-21-27-35-43-51-65(5)6/h63-69,74H,9-62H2,1-8H3,(H,79,80)(H,81,82)/t67-,68-,69-/m1/s1. The number of phosphoric ester groups is 2. The third-order valence-corrected chi connectivity index (χ3v) is 18.7. The lowest BCUT2D eigenvalue weighted by Crippen LogP contribution is -2.30. The van der Waals surface area contributed by atoms with E-state index in [-0.39, 0.29) is 25.7 Å². The molecule has 0 saturated heterocycles. The van der Waals surface area contributed by atoms with Crippen molar-refractivity contribution < 1.29 is 80.2 Å². The molecule has 0 aliphatic rings. The fourth-order valence-electron chi connectivity index (χ4n) is 11.0. The number of rotatable bonds is 70. The Morgan fingerprint density at radius 1 is 0.272 bits per heavy atom. The summed E-state index contributed by atoms with van der Waals surface area (Å²) in [5.74, 6) is 0.867. The molecule has 0 heterocycles. The highest BCUT2D eigenvalue weighted by molar-refractivity contribution is 7.47. The molecule has 0 aromatic rings. The molecule has 0 saturated carbocycles. The number of carbonyl (C=O) groups is 4. The van der Waals surface area contributed by atoms with Crippen LogP contribution in [0.15, 0.2) is 0 Å². The number of hydrogen-bond acceptors (Lipinski definition) is 15. The fraction of sp³-hybridized carbons (Fsp3) is 0.945. The minimum absolute atomic E-state index is 0.105. The highest BCUT2D eigenvalue weighted by Gasteiger charge is 2.30. The highest BCUT2D eigenvalue weighted by Crippen LogP contribution is 2.45. The number of aliphatic hydroxyl groups is 1. The largest absolute Gasteiger partial charge is 0.472 e. The summed E-state index contributed by atoms with van der Waals surface area (Å²) in [6.45, 7) is 14.1. The average molecular weight is 1350 g/mol. The van der Waals surface area contributed by atoms with Gasteiger partial charge in [0.05, 0.1) is 26.4 Å². The van der Waals surface area contributed by atoms with E-state index in [4.69, 9.17) is 37.0 Å². The van der Waals surface area contributed by atoms with Crippen LogP contribution in [-0.2, 0) is 65.4 Å². The van der Waals surface area contributed by atoms with Crippen LogP contribution in [0.2, 0.25) is 0 Å². The van der Waals surface area contributed by atoms with E-state index in [2.05, 4.69) is 55.4 Å². The molecule has 0 radical (unpaired) electrons. The topological polar surface area (TPSA) is 237 Å². The second kappa shape index (κ2) is 62.6. The maximum atomic E-state index is 13.1. The summed E-state index contributed by atoms with van der Waals surface area (Å²) in [5, 5.41) is 10.6. The van der Waals surface area contributed by atoms with Gasteiger partial charge < -0.3 is 33.8 Å². The minimum Gasteiger partial charge on any atom is -0.462 e. The Morgan fingerprint density at radius 3 is 0.674 bits per heavy atom. The number of hydrogen-bond donors (Lipinski definition) is 3. The van der Waals surface area contributed by atoms with Gasteiger partial charge in [0.2, 0.25) is 0 Å². The van der Waals surface area contributed by atoms with E-state index in [1.54, 1.807) is 0 Å². The average Bonchev–Trinajstić information content (AvgIpc) is 2.09. The lowest BCUT2D eigenvalue weighted by Gasteiger charge is -2.21. The Morgan fingerprint density at radius 2 is 0.457 bits per heavy atom. The van der Waals surface area contributed by atoms with Crippen molar-refractivity contribution in [1.82, 2.24) is 0 Å². The molecule has 3 N–H and O–H groups in total. The first-order chi connectivity index (χ1) is 44.1. The third kappa shape index (κ3) is 66.7. The third-order valence-electron chi connectivity index (χ3n) is 16.8. The van der Waals surface area contributed by atoms with E-state index in [0.29, 0.717) is 31.6 Å². The van der Waals surface area contributed by atoms with Gasteiger partial charge >= 0.3 is 39.5 Å². The Kier molecular flexibility index (Phi) is 61.3.